The number of sulfone groups is 1. The van der Waals surface area contributed by atoms with Crippen molar-refractivity contribution >= 4 is 21.4 Å². The molecule has 16 heavy (non-hydrogen) atoms. The molecule has 0 aromatic carbocycles. The van der Waals surface area contributed by atoms with Gasteiger partial charge in [0.1, 0.15) is 9.84 Å². The summed E-state index contributed by atoms with van der Waals surface area (Å²) in [6.07, 6.45) is 2.84. The van der Waals surface area contributed by atoms with Gasteiger partial charge in [0.05, 0.1) is 5.75 Å². The van der Waals surface area contributed by atoms with Gasteiger partial charge in [0.25, 0.3) is 0 Å². The van der Waals surface area contributed by atoms with Crippen molar-refractivity contribution in [2.45, 2.75) is 39.7 Å². The van der Waals surface area contributed by atoms with E-state index in [1.807, 2.05) is 0 Å². The van der Waals surface area contributed by atoms with Gasteiger partial charge in [-0.05, 0) is 24.8 Å². The Labute approximate surface area is 105 Å². The largest absolute Gasteiger partial charge is 0.313 e. The summed E-state index contributed by atoms with van der Waals surface area (Å²) in [7, 11) is -2.84. The molecule has 98 valence electrons. The fourth-order valence-corrected chi connectivity index (χ4v) is 2.45. The summed E-state index contributed by atoms with van der Waals surface area (Å²) in [6.45, 7) is 7.21. The summed E-state index contributed by atoms with van der Waals surface area (Å²) in [5.41, 5.74) is 0.153. The fourth-order valence-electron chi connectivity index (χ4n) is 1.56. The van der Waals surface area contributed by atoms with Crippen molar-refractivity contribution in [1.29, 1.82) is 0 Å². The number of halogens is 1. The number of alkyl halides is 1. The molecule has 0 aliphatic rings. The molecule has 0 bridgehead atoms. The van der Waals surface area contributed by atoms with Crippen LogP contribution in [0.15, 0.2) is 0 Å². The number of hydrogen-bond donors (Lipinski definition) is 1. The Balaban J connectivity index is 3.95. The van der Waals surface area contributed by atoms with Crippen LogP contribution in [0.25, 0.3) is 0 Å². The van der Waals surface area contributed by atoms with Crippen molar-refractivity contribution in [3.05, 3.63) is 0 Å². The van der Waals surface area contributed by atoms with Gasteiger partial charge in [-0.3, -0.25) is 0 Å². The van der Waals surface area contributed by atoms with Gasteiger partial charge in [-0.2, -0.15) is 0 Å². The van der Waals surface area contributed by atoms with E-state index in [4.69, 9.17) is 11.6 Å². The predicted octanol–water partition coefficient (Wildman–Crippen LogP) is 2.05. The second-order valence-corrected chi connectivity index (χ2v) is 7.97. The minimum absolute atomic E-state index is 0.153. The fraction of sp³-hybridized carbons (Fsp3) is 1.00. The minimum atomic E-state index is -2.84. The van der Waals surface area contributed by atoms with E-state index >= 15 is 0 Å². The van der Waals surface area contributed by atoms with Crippen molar-refractivity contribution in [2.24, 2.45) is 5.41 Å². The molecule has 0 radical (unpaired) electrons. The molecule has 0 aliphatic carbocycles. The lowest BCUT2D eigenvalue weighted by atomic mass is 9.85. The zero-order valence-corrected chi connectivity index (χ0v) is 12.3. The van der Waals surface area contributed by atoms with E-state index in [1.54, 1.807) is 0 Å². The first-order valence-corrected chi connectivity index (χ1v) is 8.23. The van der Waals surface area contributed by atoms with Crippen molar-refractivity contribution in [3.8, 4) is 0 Å². The summed E-state index contributed by atoms with van der Waals surface area (Å²) in [4.78, 5) is 0. The summed E-state index contributed by atoms with van der Waals surface area (Å²) < 4.78 is 21.9. The van der Waals surface area contributed by atoms with Crippen LogP contribution in [0.2, 0.25) is 0 Å². The molecule has 0 saturated heterocycles. The van der Waals surface area contributed by atoms with Gasteiger partial charge in [-0.1, -0.05) is 20.8 Å². The van der Waals surface area contributed by atoms with Crippen LogP contribution in [0, 0.1) is 5.41 Å². The Morgan fingerprint density at radius 3 is 2.25 bits per heavy atom. The van der Waals surface area contributed by atoms with Gasteiger partial charge in [-0.15, -0.1) is 11.6 Å². The molecule has 0 rings (SSSR count). The molecular weight excluding hydrogens is 246 g/mol. The Kier molecular flexibility index (Phi) is 6.90. The zero-order valence-electron chi connectivity index (χ0n) is 10.7. The second-order valence-electron chi connectivity index (χ2n) is 5.33. The van der Waals surface area contributed by atoms with Crippen molar-refractivity contribution in [2.75, 3.05) is 24.4 Å². The molecule has 1 unspecified atom stereocenters. The van der Waals surface area contributed by atoms with Crippen molar-refractivity contribution in [3.63, 3.8) is 0 Å². The van der Waals surface area contributed by atoms with E-state index < -0.39 is 9.84 Å². The highest BCUT2D eigenvalue weighted by Crippen LogP contribution is 2.22. The monoisotopic (exact) mass is 269 g/mol. The van der Waals surface area contributed by atoms with Crippen LogP contribution in [-0.2, 0) is 9.84 Å². The van der Waals surface area contributed by atoms with Crippen LogP contribution in [0.4, 0.5) is 0 Å². The molecule has 0 spiro atoms. The summed E-state index contributed by atoms with van der Waals surface area (Å²) in [5, 5.41) is 3.38. The molecule has 3 nitrogen and oxygen atoms in total. The van der Waals surface area contributed by atoms with Crippen LogP contribution >= 0.6 is 11.6 Å². The van der Waals surface area contributed by atoms with Crippen LogP contribution in [0.5, 0.6) is 0 Å². The second kappa shape index (κ2) is 6.82. The Morgan fingerprint density at radius 1 is 1.31 bits per heavy atom. The van der Waals surface area contributed by atoms with E-state index in [0.29, 0.717) is 18.3 Å². The molecule has 1 N–H and O–H groups in total. The number of hydrogen-bond acceptors (Lipinski definition) is 3. The Hall–Kier alpha value is 0.200. The molecule has 0 saturated carbocycles. The third-order valence-corrected chi connectivity index (χ3v) is 3.77. The molecular formula is C11H24ClNO2S. The van der Waals surface area contributed by atoms with Crippen LogP contribution in [0.3, 0.4) is 0 Å². The molecule has 0 heterocycles. The lowest BCUT2D eigenvalue weighted by Gasteiger charge is -2.31. The first-order valence-electron chi connectivity index (χ1n) is 5.64. The molecule has 0 fully saturated rings. The van der Waals surface area contributed by atoms with E-state index in [-0.39, 0.29) is 11.2 Å². The van der Waals surface area contributed by atoms with Gasteiger partial charge in [-0.25, -0.2) is 8.42 Å². The summed E-state index contributed by atoms with van der Waals surface area (Å²) in [6, 6.07) is 0.338. The Bertz CT molecular complexity index is 283. The maximum absolute atomic E-state index is 10.9. The van der Waals surface area contributed by atoms with Crippen molar-refractivity contribution < 1.29 is 8.42 Å². The minimum Gasteiger partial charge on any atom is -0.313 e. The van der Waals surface area contributed by atoms with Crippen LogP contribution in [0.1, 0.15) is 33.6 Å². The number of nitrogens with one attached hydrogen (secondary N) is 1. The molecule has 0 aromatic heterocycles. The van der Waals surface area contributed by atoms with E-state index in [2.05, 4.69) is 26.1 Å². The highest BCUT2D eigenvalue weighted by atomic mass is 35.5. The molecule has 0 aromatic rings. The average Bonchev–Trinajstić information content (AvgIpc) is 2.06. The average molecular weight is 270 g/mol. The zero-order chi connectivity index (χ0) is 12.8. The van der Waals surface area contributed by atoms with E-state index in [0.717, 1.165) is 13.0 Å². The molecule has 0 amide bonds. The highest BCUT2D eigenvalue weighted by molar-refractivity contribution is 7.90. The molecule has 0 aliphatic heterocycles. The van der Waals surface area contributed by atoms with Crippen LogP contribution < -0.4 is 5.32 Å². The third-order valence-electron chi connectivity index (χ3n) is 2.53. The quantitative estimate of drug-likeness (QED) is 0.568. The third kappa shape index (κ3) is 8.36. The normalized spacial score (nSPS) is 15.1. The highest BCUT2D eigenvalue weighted by Gasteiger charge is 2.23. The molecule has 1 atom stereocenters. The van der Waals surface area contributed by atoms with Gasteiger partial charge in [0.15, 0.2) is 0 Å². The maximum Gasteiger partial charge on any atom is 0.147 e. The summed E-state index contributed by atoms with van der Waals surface area (Å²) in [5.74, 6) is 0.874. The van der Waals surface area contributed by atoms with Crippen LogP contribution in [-0.4, -0.2) is 38.9 Å². The predicted molar refractivity (Wildman–Crippen MR) is 70.9 cm³/mol. The van der Waals surface area contributed by atoms with E-state index in [1.165, 1.54) is 6.26 Å². The SMILES string of the molecule is CC(C)(C)C(CCCl)NCCCS(C)(=O)=O. The first-order chi connectivity index (χ1) is 7.17. The molecule has 5 heteroatoms. The lowest BCUT2D eigenvalue weighted by Crippen LogP contribution is -2.41. The van der Waals surface area contributed by atoms with Gasteiger partial charge in [0, 0.05) is 18.2 Å². The lowest BCUT2D eigenvalue weighted by molar-refractivity contribution is 0.263. The smallest absolute Gasteiger partial charge is 0.147 e. The van der Waals surface area contributed by atoms with Gasteiger partial charge >= 0.3 is 0 Å². The standard InChI is InChI=1S/C11H24ClNO2S/c1-11(2,3)10(6-7-12)13-8-5-9-16(4,14)15/h10,13H,5-9H2,1-4H3. The maximum atomic E-state index is 10.9. The Morgan fingerprint density at radius 2 is 1.88 bits per heavy atom. The van der Waals surface area contributed by atoms with Crippen molar-refractivity contribution in [1.82, 2.24) is 5.32 Å². The van der Waals surface area contributed by atoms with Gasteiger partial charge in [0.2, 0.25) is 0 Å². The topological polar surface area (TPSA) is 46.2 Å². The van der Waals surface area contributed by atoms with E-state index in [9.17, 15) is 8.42 Å². The summed E-state index contributed by atoms with van der Waals surface area (Å²) >= 11 is 5.75. The first kappa shape index (κ1) is 16.2. The number of rotatable bonds is 7. The van der Waals surface area contributed by atoms with Gasteiger partial charge < -0.3 is 5.32 Å².